The molecule has 5 heteroatoms. The predicted molar refractivity (Wildman–Crippen MR) is 59.9 cm³/mol. The molecule has 0 aromatic carbocycles. The monoisotopic (exact) mass is 225 g/mol. The van der Waals surface area contributed by atoms with Gasteiger partial charge in [-0.1, -0.05) is 12.2 Å². The molecule has 0 unspecified atom stereocenters. The number of likely N-dealkylation sites (N-methyl/N-ethyl adjacent to an activating group) is 1. The Labute approximate surface area is 94.0 Å². The van der Waals surface area contributed by atoms with Crippen LogP contribution in [0.5, 0.6) is 0 Å². The van der Waals surface area contributed by atoms with Gasteiger partial charge in [-0.2, -0.15) is 0 Å². The number of aliphatic carboxylic acids is 2. The average Bonchev–Trinajstić information content (AvgIpc) is 2.28. The molecule has 0 aromatic rings. The minimum atomic E-state index is -1.26. The quantitative estimate of drug-likeness (QED) is 0.703. The van der Waals surface area contributed by atoms with Crippen molar-refractivity contribution in [3.63, 3.8) is 0 Å². The first-order valence-electron chi connectivity index (χ1n) is 4.77. The Bertz CT molecular complexity index is 302. The molecule has 0 saturated carbocycles. The summed E-state index contributed by atoms with van der Waals surface area (Å²) in [6, 6.07) is 0. The summed E-state index contributed by atoms with van der Waals surface area (Å²) >= 11 is 0. The molecule has 0 saturated heterocycles. The fourth-order valence-corrected chi connectivity index (χ4v) is 0.884. The third-order valence-corrected chi connectivity index (χ3v) is 1.66. The van der Waals surface area contributed by atoms with Gasteiger partial charge in [-0.05, 0) is 19.2 Å². The molecule has 0 radical (unpaired) electrons. The van der Waals surface area contributed by atoms with Gasteiger partial charge in [0.2, 0.25) is 0 Å². The molecule has 1 heterocycles. The molecule has 0 aliphatic carbocycles. The number of carboxylic acids is 2. The van der Waals surface area contributed by atoms with E-state index in [1.165, 1.54) is 0 Å². The molecule has 16 heavy (non-hydrogen) atoms. The lowest BCUT2D eigenvalue weighted by Gasteiger charge is -2.16. The van der Waals surface area contributed by atoms with E-state index in [4.69, 9.17) is 10.2 Å². The van der Waals surface area contributed by atoms with E-state index >= 15 is 0 Å². The zero-order valence-electron chi connectivity index (χ0n) is 9.04. The maximum atomic E-state index is 9.55. The highest BCUT2D eigenvalue weighted by Crippen LogP contribution is 1.95. The molecular weight excluding hydrogens is 210 g/mol. The van der Waals surface area contributed by atoms with Crippen LogP contribution < -0.4 is 0 Å². The second-order valence-corrected chi connectivity index (χ2v) is 2.87. The van der Waals surface area contributed by atoms with Crippen molar-refractivity contribution in [3.8, 4) is 0 Å². The van der Waals surface area contributed by atoms with E-state index in [9.17, 15) is 9.59 Å². The Balaban J connectivity index is 0.000000281. The molecule has 2 N–H and O–H groups in total. The van der Waals surface area contributed by atoms with E-state index in [0.717, 1.165) is 13.1 Å². The Morgan fingerprint density at radius 2 is 1.81 bits per heavy atom. The molecule has 1 aliphatic rings. The van der Waals surface area contributed by atoms with Crippen LogP contribution in [-0.4, -0.2) is 40.1 Å². The smallest absolute Gasteiger partial charge is 0.328 e. The van der Waals surface area contributed by atoms with Crippen LogP contribution >= 0.6 is 0 Å². The minimum absolute atomic E-state index is 0.558. The molecule has 0 atom stereocenters. The van der Waals surface area contributed by atoms with Crippen LogP contribution in [0.25, 0.3) is 0 Å². The number of carbonyl (C=O) groups is 2. The molecule has 88 valence electrons. The second kappa shape index (κ2) is 8.28. The Kier molecular flexibility index (Phi) is 7.23. The molecule has 0 bridgehead atoms. The maximum Gasteiger partial charge on any atom is 0.328 e. The van der Waals surface area contributed by atoms with Crippen LogP contribution in [0.2, 0.25) is 0 Å². The summed E-state index contributed by atoms with van der Waals surface area (Å²) in [7, 11) is 0. The summed E-state index contributed by atoms with van der Waals surface area (Å²) in [5, 5.41) is 15.6. The van der Waals surface area contributed by atoms with E-state index in [2.05, 4.69) is 36.3 Å². The average molecular weight is 225 g/mol. The molecule has 0 spiro atoms. The van der Waals surface area contributed by atoms with E-state index in [-0.39, 0.29) is 0 Å². The van der Waals surface area contributed by atoms with Gasteiger partial charge in [0.25, 0.3) is 0 Å². The molecular formula is C11H15NO4. The van der Waals surface area contributed by atoms with E-state index in [1.54, 1.807) is 0 Å². The van der Waals surface area contributed by atoms with Crippen molar-refractivity contribution >= 4 is 11.9 Å². The fraction of sp³-hybridized carbons (Fsp3) is 0.273. The predicted octanol–water partition coefficient (Wildman–Crippen LogP) is 1.10. The van der Waals surface area contributed by atoms with Gasteiger partial charge in [-0.3, -0.25) is 0 Å². The van der Waals surface area contributed by atoms with Crippen molar-refractivity contribution in [1.82, 2.24) is 4.90 Å². The van der Waals surface area contributed by atoms with E-state index in [0.29, 0.717) is 12.2 Å². The van der Waals surface area contributed by atoms with Crippen molar-refractivity contribution in [2.75, 3.05) is 13.1 Å². The summed E-state index contributed by atoms with van der Waals surface area (Å²) in [5.74, 6) is -2.51. The summed E-state index contributed by atoms with van der Waals surface area (Å²) in [4.78, 5) is 21.4. The Hall–Kier alpha value is -2.04. The minimum Gasteiger partial charge on any atom is -0.478 e. The van der Waals surface area contributed by atoms with Crippen molar-refractivity contribution in [2.45, 2.75) is 6.92 Å². The van der Waals surface area contributed by atoms with Gasteiger partial charge in [-0.25, -0.2) is 9.59 Å². The maximum absolute atomic E-state index is 9.55. The third-order valence-electron chi connectivity index (χ3n) is 1.66. The Morgan fingerprint density at radius 1 is 1.25 bits per heavy atom. The zero-order chi connectivity index (χ0) is 12.4. The van der Waals surface area contributed by atoms with Crippen LogP contribution in [0.1, 0.15) is 6.92 Å². The molecule has 0 fully saturated rings. The van der Waals surface area contributed by atoms with E-state index < -0.39 is 11.9 Å². The van der Waals surface area contributed by atoms with Gasteiger partial charge in [0, 0.05) is 25.2 Å². The van der Waals surface area contributed by atoms with Crippen LogP contribution in [-0.2, 0) is 9.59 Å². The third kappa shape index (κ3) is 8.55. The first-order chi connectivity index (χ1) is 7.56. The summed E-state index contributed by atoms with van der Waals surface area (Å²) in [5.41, 5.74) is 0. The van der Waals surface area contributed by atoms with Crippen LogP contribution in [0.3, 0.4) is 0 Å². The molecule has 1 aliphatic heterocycles. The van der Waals surface area contributed by atoms with Crippen molar-refractivity contribution in [3.05, 3.63) is 36.6 Å². The SMILES string of the molecule is CCN1C=CC=CC1.O=C(O)/C=C\C(=O)O. The van der Waals surface area contributed by atoms with Crippen molar-refractivity contribution in [1.29, 1.82) is 0 Å². The van der Waals surface area contributed by atoms with Gasteiger partial charge in [0.1, 0.15) is 0 Å². The lowest BCUT2D eigenvalue weighted by molar-refractivity contribution is -0.134. The van der Waals surface area contributed by atoms with Gasteiger partial charge in [-0.15, -0.1) is 0 Å². The van der Waals surface area contributed by atoms with Crippen LogP contribution in [0, 0.1) is 0 Å². The zero-order valence-corrected chi connectivity index (χ0v) is 9.04. The van der Waals surface area contributed by atoms with Crippen molar-refractivity contribution in [2.24, 2.45) is 0 Å². The number of rotatable bonds is 3. The van der Waals surface area contributed by atoms with Gasteiger partial charge in [0.05, 0.1) is 0 Å². The van der Waals surface area contributed by atoms with Crippen molar-refractivity contribution < 1.29 is 19.8 Å². The first-order valence-corrected chi connectivity index (χ1v) is 4.77. The van der Waals surface area contributed by atoms with Gasteiger partial charge < -0.3 is 15.1 Å². The summed E-state index contributed by atoms with van der Waals surface area (Å²) in [6.07, 6.45) is 9.52. The standard InChI is InChI=1S/C7H11N.C4H4O4/c1-2-8-6-4-3-5-7-8;5-3(6)1-2-4(7)8/h3-6H,2,7H2,1H3;1-2H,(H,5,6)(H,7,8)/b;2-1-. The van der Waals surface area contributed by atoms with Gasteiger partial charge in [0.15, 0.2) is 0 Å². The molecule has 0 aromatic heterocycles. The topological polar surface area (TPSA) is 77.8 Å². The largest absolute Gasteiger partial charge is 0.478 e. The Morgan fingerprint density at radius 3 is 2.06 bits per heavy atom. The van der Waals surface area contributed by atoms with E-state index in [1.807, 2.05) is 0 Å². The number of allylic oxidation sites excluding steroid dienone is 2. The molecule has 5 nitrogen and oxygen atoms in total. The lowest BCUT2D eigenvalue weighted by Crippen LogP contribution is -2.17. The highest BCUT2D eigenvalue weighted by molar-refractivity contribution is 5.89. The highest BCUT2D eigenvalue weighted by atomic mass is 16.4. The number of carboxylic acid groups (broad SMARTS) is 2. The summed E-state index contributed by atoms with van der Waals surface area (Å²) in [6.45, 7) is 4.34. The van der Waals surface area contributed by atoms with Crippen LogP contribution in [0.4, 0.5) is 0 Å². The van der Waals surface area contributed by atoms with Crippen LogP contribution in [0.15, 0.2) is 36.6 Å². The fourth-order valence-electron chi connectivity index (χ4n) is 0.884. The normalized spacial score (nSPS) is 13.4. The van der Waals surface area contributed by atoms with Gasteiger partial charge >= 0.3 is 11.9 Å². The highest BCUT2D eigenvalue weighted by Gasteiger charge is 1.91. The molecule has 0 amide bonds. The number of hydrogen-bond acceptors (Lipinski definition) is 3. The number of nitrogens with zero attached hydrogens (tertiary/aromatic N) is 1. The lowest BCUT2D eigenvalue weighted by atomic mass is 10.3. The molecule has 1 rings (SSSR count). The first kappa shape index (κ1) is 14.0. The number of hydrogen-bond donors (Lipinski definition) is 2. The second-order valence-electron chi connectivity index (χ2n) is 2.87. The summed E-state index contributed by atoms with van der Waals surface area (Å²) < 4.78 is 0.